The smallest absolute Gasteiger partial charge is 0.407 e. The van der Waals surface area contributed by atoms with E-state index in [1.807, 2.05) is 0 Å². The largest absolute Gasteiger partial charge is 0.490 e. The highest BCUT2D eigenvalue weighted by molar-refractivity contribution is 8.08. The second-order valence-electron chi connectivity index (χ2n) is 6.57. The molecule has 0 saturated heterocycles. The Morgan fingerprint density at radius 2 is 1.44 bits per heavy atom. The van der Waals surface area contributed by atoms with Gasteiger partial charge in [-0.15, -0.1) is 0 Å². The van der Waals surface area contributed by atoms with E-state index in [0.29, 0.717) is 39.1 Å². The number of nitro benzene ring substituents is 2. The molecule has 0 bridgehead atoms. The van der Waals surface area contributed by atoms with Crippen LogP contribution in [0.5, 0.6) is 17.2 Å². The van der Waals surface area contributed by atoms with E-state index in [4.69, 9.17) is 48.6 Å². The number of nitrogens with zero attached hydrogens (tertiary/aromatic N) is 2. The van der Waals surface area contributed by atoms with Gasteiger partial charge in [-0.1, -0.05) is 23.2 Å². The van der Waals surface area contributed by atoms with Crippen LogP contribution in [-0.2, 0) is 18.2 Å². The van der Waals surface area contributed by atoms with E-state index in [1.165, 1.54) is 0 Å². The molecule has 9 nitrogen and oxygen atoms in total. The van der Waals surface area contributed by atoms with Gasteiger partial charge >= 0.3 is 12.4 Å². The average molecular weight is 513 g/mol. The quantitative estimate of drug-likeness (QED) is 0.221. The molecule has 3 aromatic carbocycles. The van der Waals surface area contributed by atoms with Crippen LogP contribution in [0.15, 0.2) is 54.6 Å². The molecule has 0 spiro atoms. The zero-order valence-corrected chi connectivity index (χ0v) is 19.0. The zero-order valence-electron chi connectivity index (χ0n) is 15.8. The lowest BCUT2D eigenvalue weighted by Crippen LogP contribution is -2.12. The van der Waals surface area contributed by atoms with Crippen LogP contribution in [0.25, 0.3) is 0 Å². The molecule has 164 valence electrons. The SMILES string of the molecule is O=[N+]([O-])c1ccc(OP2(=S)Oc3ccc(Cl)cc3Cc3cc(Cl)ccc3O2)c([N+](=O)[O-])c1. The number of nitro groups is 2. The molecule has 13 heteroatoms. The molecule has 3 aromatic rings. The maximum atomic E-state index is 11.5. The highest BCUT2D eigenvalue weighted by Crippen LogP contribution is 2.55. The molecular formula is C19H11Cl2N2O7PS. The summed E-state index contributed by atoms with van der Waals surface area (Å²) in [6, 6.07) is 12.7. The molecule has 0 saturated carbocycles. The summed E-state index contributed by atoms with van der Waals surface area (Å²) in [5.41, 5.74) is 0.242. The maximum Gasteiger partial charge on any atom is 0.490 e. The third kappa shape index (κ3) is 4.63. The van der Waals surface area contributed by atoms with Crippen LogP contribution in [0.2, 0.25) is 10.0 Å². The van der Waals surface area contributed by atoms with Crippen LogP contribution >= 0.6 is 29.9 Å². The van der Waals surface area contributed by atoms with Gasteiger partial charge in [0.1, 0.15) is 11.5 Å². The summed E-state index contributed by atoms with van der Waals surface area (Å²) in [7, 11) is 0. The molecule has 1 aliphatic heterocycles. The first kappa shape index (κ1) is 22.3. The van der Waals surface area contributed by atoms with Crippen molar-refractivity contribution in [1.29, 1.82) is 0 Å². The van der Waals surface area contributed by atoms with Crippen molar-refractivity contribution >= 4 is 53.1 Å². The Morgan fingerprint density at radius 3 is 1.94 bits per heavy atom. The predicted molar refractivity (Wildman–Crippen MR) is 122 cm³/mol. The van der Waals surface area contributed by atoms with E-state index in [2.05, 4.69) is 0 Å². The lowest BCUT2D eigenvalue weighted by Gasteiger charge is -2.27. The Kier molecular flexibility index (Phi) is 5.96. The van der Waals surface area contributed by atoms with Crippen molar-refractivity contribution in [2.45, 2.75) is 6.42 Å². The molecule has 0 fully saturated rings. The number of benzene rings is 3. The second kappa shape index (κ2) is 8.55. The Hall–Kier alpha value is -2.91. The number of halogens is 2. The summed E-state index contributed by atoms with van der Waals surface area (Å²) < 4.78 is 17.6. The zero-order chi connectivity index (χ0) is 23.0. The molecule has 4 rings (SSSR count). The van der Waals surface area contributed by atoms with Crippen LogP contribution in [0.3, 0.4) is 0 Å². The van der Waals surface area contributed by atoms with Crippen molar-refractivity contribution in [2.75, 3.05) is 0 Å². The topological polar surface area (TPSA) is 114 Å². The number of rotatable bonds is 4. The fourth-order valence-corrected chi connectivity index (χ4v) is 5.47. The molecule has 0 amide bonds. The van der Waals surface area contributed by atoms with E-state index in [0.717, 1.165) is 18.2 Å². The molecule has 0 atom stereocenters. The van der Waals surface area contributed by atoms with E-state index in [-0.39, 0.29) is 5.75 Å². The summed E-state index contributed by atoms with van der Waals surface area (Å²) in [5.74, 6) is 0.330. The highest BCUT2D eigenvalue weighted by Gasteiger charge is 2.34. The van der Waals surface area contributed by atoms with Gasteiger partial charge in [-0.05, 0) is 42.5 Å². The summed E-state index contributed by atoms with van der Waals surface area (Å²) >= 11 is 17.8. The third-order valence-electron chi connectivity index (χ3n) is 4.41. The Bertz CT molecular complexity index is 1260. The number of fused-ring (bicyclic) bond motifs is 2. The van der Waals surface area contributed by atoms with Gasteiger partial charge in [-0.25, -0.2) is 0 Å². The summed E-state index contributed by atoms with van der Waals surface area (Å²) in [5, 5.41) is 23.5. The maximum absolute atomic E-state index is 11.5. The fourth-order valence-electron chi connectivity index (χ4n) is 3.01. The molecule has 0 aliphatic carbocycles. The predicted octanol–water partition coefficient (Wildman–Crippen LogP) is 6.48. The fraction of sp³-hybridized carbons (Fsp3) is 0.0526. The Labute approximate surface area is 196 Å². The van der Waals surface area contributed by atoms with Gasteiger partial charge in [0.25, 0.3) is 5.69 Å². The van der Waals surface area contributed by atoms with E-state index >= 15 is 0 Å². The summed E-state index contributed by atoms with van der Waals surface area (Å²) in [6.45, 7) is -3.73. The van der Waals surface area contributed by atoms with Crippen molar-refractivity contribution in [3.63, 3.8) is 0 Å². The highest BCUT2D eigenvalue weighted by atomic mass is 35.5. The molecule has 1 aliphatic rings. The van der Waals surface area contributed by atoms with Crippen molar-refractivity contribution in [1.82, 2.24) is 0 Å². The Balaban J connectivity index is 1.82. The minimum absolute atomic E-state index is 0.324. The van der Waals surface area contributed by atoms with Gasteiger partial charge in [0, 0.05) is 45.5 Å². The van der Waals surface area contributed by atoms with Crippen LogP contribution in [0, 0.1) is 20.2 Å². The van der Waals surface area contributed by atoms with Crippen molar-refractivity contribution in [2.24, 2.45) is 0 Å². The third-order valence-corrected chi connectivity index (χ3v) is 6.81. The monoisotopic (exact) mass is 512 g/mol. The standard InChI is InChI=1S/C19H11Cl2N2O7PS/c20-13-1-4-17-11(8-13)7-12-9-14(21)2-5-18(12)29-31(32,28-17)30-19-6-3-15(22(24)25)10-16(19)23(26)27/h1-6,8-10H,7H2. The first-order chi connectivity index (χ1) is 15.1. The lowest BCUT2D eigenvalue weighted by atomic mass is 10.0. The van der Waals surface area contributed by atoms with Crippen LogP contribution in [0.4, 0.5) is 11.4 Å². The average Bonchev–Trinajstić information content (AvgIpc) is 2.71. The molecule has 0 N–H and O–H groups in total. The number of non-ortho nitro benzene ring substituents is 1. The second-order valence-corrected chi connectivity index (χ2v) is 10.2. The number of hydrogen-bond acceptors (Lipinski definition) is 8. The van der Waals surface area contributed by atoms with E-state index in [1.54, 1.807) is 36.4 Å². The molecule has 0 radical (unpaired) electrons. The van der Waals surface area contributed by atoms with Crippen LogP contribution in [0.1, 0.15) is 11.1 Å². The van der Waals surface area contributed by atoms with Crippen molar-refractivity contribution < 1.29 is 23.4 Å². The van der Waals surface area contributed by atoms with Crippen molar-refractivity contribution in [3.05, 3.63) is 96.0 Å². The minimum atomic E-state index is -3.73. The molecule has 32 heavy (non-hydrogen) atoms. The molecule has 0 unspecified atom stereocenters. The lowest BCUT2D eigenvalue weighted by molar-refractivity contribution is -0.394. The first-order valence-electron chi connectivity index (χ1n) is 8.82. The van der Waals surface area contributed by atoms with E-state index in [9.17, 15) is 20.2 Å². The van der Waals surface area contributed by atoms with Gasteiger partial charge in [0.2, 0.25) is 5.75 Å². The van der Waals surface area contributed by atoms with Crippen LogP contribution < -0.4 is 13.6 Å². The Morgan fingerprint density at radius 1 is 0.875 bits per heavy atom. The molecule has 1 heterocycles. The summed E-state index contributed by atoms with van der Waals surface area (Å²) in [4.78, 5) is 21.0. The van der Waals surface area contributed by atoms with Gasteiger partial charge in [-0.2, -0.15) is 0 Å². The van der Waals surface area contributed by atoms with Gasteiger partial charge in [-0.3, -0.25) is 20.2 Å². The van der Waals surface area contributed by atoms with Crippen LogP contribution in [-0.4, -0.2) is 9.85 Å². The van der Waals surface area contributed by atoms with Gasteiger partial charge in [0.15, 0.2) is 0 Å². The normalized spacial score (nSPS) is 13.9. The first-order valence-corrected chi connectivity index (χ1v) is 12.1. The minimum Gasteiger partial charge on any atom is -0.407 e. The molecular weight excluding hydrogens is 502 g/mol. The van der Waals surface area contributed by atoms with E-state index < -0.39 is 27.9 Å². The molecule has 0 aromatic heterocycles. The van der Waals surface area contributed by atoms with Gasteiger partial charge in [0.05, 0.1) is 15.9 Å². The van der Waals surface area contributed by atoms with Gasteiger partial charge < -0.3 is 13.6 Å². The summed E-state index contributed by atoms with van der Waals surface area (Å²) in [6.07, 6.45) is 0.374. The number of hydrogen-bond donors (Lipinski definition) is 0. The van der Waals surface area contributed by atoms with Crippen molar-refractivity contribution in [3.8, 4) is 17.2 Å².